The zero-order valence-electron chi connectivity index (χ0n) is 16.6. The molecule has 2 heterocycles. The van der Waals surface area contributed by atoms with Crippen molar-refractivity contribution in [3.05, 3.63) is 11.3 Å². The quantitative estimate of drug-likeness (QED) is 0.773. The number of amidine groups is 1. The fourth-order valence-corrected chi connectivity index (χ4v) is 3.89. The molecule has 0 aliphatic carbocycles. The van der Waals surface area contributed by atoms with Crippen LogP contribution in [0.25, 0.3) is 0 Å². The third kappa shape index (κ3) is 3.50. The van der Waals surface area contributed by atoms with E-state index in [4.69, 9.17) is 4.99 Å². The maximum absolute atomic E-state index is 9.73. The van der Waals surface area contributed by atoms with Crippen LogP contribution in [0, 0.1) is 22.2 Å². The molecule has 0 saturated carbocycles. The van der Waals surface area contributed by atoms with E-state index in [-0.39, 0.29) is 28.9 Å². The Balaban J connectivity index is 2.66. The predicted octanol–water partition coefficient (Wildman–Crippen LogP) is 4.47. The van der Waals surface area contributed by atoms with Crippen LogP contribution in [0.5, 0.6) is 0 Å². The van der Waals surface area contributed by atoms with Crippen LogP contribution in [0.2, 0.25) is 0 Å². The highest BCUT2D eigenvalue weighted by Crippen LogP contribution is 2.48. The Morgan fingerprint density at radius 3 is 1.96 bits per heavy atom. The first-order chi connectivity index (χ1) is 10.3. The Morgan fingerprint density at radius 1 is 1.00 bits per heavy atom. The molecule has 0 radical (unpaired) electrons. The maximum Gasteiger partial charge on any atom is 0.109 e. The molecule has 0 amide bonds. The molecule has 23 heavy (non-hydrogen) atoms. The highest BCUT2D eigenvalue weighted by Gasteiger charge is 2.46. The van der Waals surface area contributed by atoms with E-state index < -0.39 is 0 Å². The van der Waals surface area contributed by atoms with Crippen LogP contribution in [0.3, 0.4) is 0 Å². The number of aliphatic hydroxyl groups excluding tert-OH is 1. The van der Waals surface area contributed by atoms with Crippen molar-refractivity contribution >= 4 is 5.84 Å². The summed E-state index contributed by atoms with van der Waals surface area (Å²) >= 11 is 0. The van der Waals surface area contributed by atoms with Gasteiger partial charge in [0.15, 0.2) is 0 Å². The molecule has 132 valence electrons. The SMILES string of the molecule is CC(C)(C)C1=N[C@H](C(C)(C)C)C(C(C)(C)C)=C2C[C@@H](CO)CN12. The molecule has 3 nitrogen and oxygen atoms in total. The van der Waals surface area contributed by atoms with Gasteiger partial charge in [-0.1, -0.05) is 62.3 Å². The van der Waals surface area contributed by atoms with Crippen LogP contribution in [0.15, 0.2) is 16.3 Å². The van der Waals surface area contributed by atoms with Crippen molar-refractivity contribution in [2.75, 3.05) is 13.2 Å². The molecule has 0 aromatic carbocycles. The van der Waals surface area contributed by atoms with E-state index in [1.54, 1.807) is 0 Å². The molecule has 0 unspecified atom stereocenters. The first kappa shape index (κ1) is 18.5. The molecule has 2 atom stereocenters. The first-order valence-electron chi connectivity index (χ1n) is 8.97. The number of hydrogen-bond donors (Lipinski definition) is 1. The van der Waals surface area contributed by atoms with Crippen LogP contribution in [-0.2, 0) is 0 Å². The fraction of sp³-hybridized carbons (Fsp3) is 0.850. The normalized spacial score (nSPS) is 26.5. The third-order valence-electron chi connectivity index (χ3n) is 4.90. The molecule has 2 rings (SSSR count). The van der Waals surface area contributed by atoms with E-state index in [9.17, 15) is 5.11 Å². The summed E-state index contributed by atoms with van der Waals surface area (Å²) in [5.41, 5.74) is 3.09. The van der Waals surface area contributed by atoms with Crippen LogP contribution < -0.4 is 0 Å². The zero-order chi connectivity index (χ0) is 17.8. The van der Waals surface area contributed by atoms with E-state index >= 15 is 0 Å². The number of aliphatic imine (C=N–C) groups is 1. The van der Waals surface area contributed by atoms with E-state index in [1.807, 2.05) is 0 Å². The van der Waals surface area contributed by atoms with Gasteiger partial charge in [-0.3, -0.25) is 4.99 Å². The van der Waals surface area contributed by atoms with E-state index in [2.05, 4.69) is 67.2 Å². The topological polar surface area (TPSA) is 35.8 Å². The maximum atomic E-state index is 9.73. The molecule has 2 aliphatic rings. The van der Waals surface area contributed by atoms with Crippen molar-refractivity contribution in [3.8, 4) is 0 Å². The average molecular weight is 321 g/mol. The molecule has 2 aliphatic heterocycles. The second-order valence-corrected chi connectivity index (χ2v) is 10.4. The summed E-state index contributed by atoms with van der Waals surface area (Å²) < 4.78 is 0. The first-order valence-corrected chi connectivity index (χ1v) is 8.97. The number of nitrogens with zero attached hydrogens (tertiary/aromatic N) is 2. The molecule has 0 aromatic heterocycles. The van der Waals surface area contributed by atoms with Gasteiger partial charge < -0.3 is 10.0 Å². The molecule has 0 aromatic rings. The molecule has 0 spiro atoms. The summed E-state index contributed by atoms with van der Waals surface area (Å²) in [5, 5.41) is 9.73. The van der Waals surface area contributed by atoms with Gasteiger partial charge in [-0.2, -0.15) is 0 Å². The van der Waals surface area contributed by atoms with Gasteiger partial charge in [-0.25, -0.2) is 0 Å². The minimum Gasteiger partial charge on any atom is -0.396 e. The lowest BCUT2D eigenvalue weighted by Gasteiger charge is -2.45. The number of aliphatic hydroxyl groups is 1. The van der Waals surface area contributed by atoms with Crippen molar-refractivity contribution in [2.24, 2.45) is 27.2 Å². The van der Waals surface area contributed by atoms with Crippen LogP contribution in [-0.4, -0.2) is 35.0 Å². The minimum atomic E-state index is 0.0164. The lowest BCUT2D eigenvalue weighted by atomic mass is 9.70. The van der Waals surface area contributed by atoms with Crippen LogP contribution in [0.4, 0.5) is 0 Å². The zero-order valence-corrected chi connectivity index (χ0v) is 16.6. The van der Waals surface area contributed by atoms with Crippen molar-refractivity contribution in [3.63, 3.8) is 0 Å². The van der Waals surface area contributed by atoms with Gasteiger partial charge in [-0.05, 0) is 22.8 Å². The van der Waals surface area contributed by atoms with Gasteiger partial charge in [0.05, 0.1) is 6.04 Å². The van der Waals surface area contributed by atoms with Crippen molar-refractivity contribution in [1.82, 2.24) is 4.90 Å². The van der Waals surface area contributed by atoms with Gasteiger partial charge >= 0.3 is 0 Å². The van der Waals surface area contributed by atoms with Gasteiger partial charge in [0, 0.05) is 30.2 Å². The van der Waals surface area contributed by atoms with Gasteiger partial charge in [-0.15, -0.1) is 0 Å². The molecule has 3 heteroatoms. The summed E-state index contributed by atoms with van der Waals surface area (Å²) in [4.78, 5) is 7.71. The lowest BCUT2D eigenvalue weighted by molar-refractivity contribution is 0.230. The Kier molecular flexibility index (Phi) is 4.52. The number of hydrogen-bond acceptors (Lipinski definition) is 3. The second-order valence-electron chi connectivity index (χ2n) is 10.4. The highest BCUT2D eigenvalue weighted by molar-refractivity contribution is 5.90. The predicted molar refractivity (Wildman–Crippen MR) is 98.5 cm³/mol. The van der Waals surface area contributed by atoms with Gasteiger partial charge in [0.2, 0.25) is 0 Å². The van der Waals surface area contributed by atoms with Crippen LogP contribution >= 0.6 is 0 Å². The third-order valence-corrected chi connectivity index (χ3v) is 4.90. The van der Waals surface area contributed by atoms with Crippen molar-refractivity contribution in [1.29, 1.82) is 0 Å². The Bertz CT molecular complexity index is 523. The van der Waals surface area contributed by atoms with Gasteiger partial charge in [0.1, 0.15) is 5.84 Å². The van der Waals surface area contributed by atoms with Crippen molar-refractivity contribution in [2.45, 2.75) is 74.8 Å². The Morgan fingerprint density at radius 2 is 1.57 bits per heavy atom. The minimum absolute atomic E-state index is 0.0164. The summed E-state index contributed by atoms with van der Waals surface area (Å²) in [6.45, 7) is 21.7. The number of fused-ring (bicyclic) bond motifs is 1. The van der Waals surface area contributed by atoms with Crippen molar-refractivity contribution < 1.29 is 5.11 Å². The second kappa shape index (κ2) is 5.61. The summed E-state index contributed by atoms with van der Waals surface area (Å²) in [6, 6.07) is 0.209. The molecule has 1 N–H and O–H groups in total. The smallest absolute Gasteiger partial charge is 0.109 e. The molecule has 1 fully saturated rings. The number of rotatable bonds is 1. The summed E-state index contributed by atoms with van der Waals surface area (Å²) in [5.74, 6) is 1.52. The lowest BCUT2D eigenvalue weighted by Crippen LogP contribution is -2.47. The highest BCUT2D eigenvalue weighted by atomic mass is 16.3. The van der Waals surface area contributed by atoms with E-state index in [1.165, 1.54) is 17.1 Å². The van der Waals surface area contributed by atoms with Gasteiger partial charge in [0.25, 0.3) is 0 Å². The van der Waals surface area contributed by atoms with E-state index in [0.29, 0.717) is 5.92 Å². The fourth-order valence-electron chi connectivity index (χ4n) is 3.89. The molecule has 0 bridgehead atoms. The molecular weight excluding hydrogens is 284 g/mol. The summed E-state index contributed by atoms with van der Waals surface area (Å²) in [6.07, 6.45) is 0.977. The summed E-state index contributed by atoms with van der Waals surface area (Å²) in [7, 11) is 0. The van der Waals surface area contributed by atoms with E-state index in [0.717, 1.165) is 13.0 Å². The number of allylic oxidation sites excluding steroid dienone is 1. The monoisotopic (exact) mass is 320 g/mol. The Hall–Kier alpha value is -0.830. The van der Waals surface area contributed by atoms with Crippen LogP contribution in [0.1, 0.15) is 68.7 Å². The standard InChI is InChI=1S/C20H36N2O/c1-18(2,3)15-14-10-13(12-23)11-22(14)17(20(7,8)9)21-16(15)19(4,5)6/h13,16,23H,10-12H2,1-9H3/t13-,16+/m1/s1. The largest absolute Gasteiger partial charge is 0.396 e. The molecule has 1 saturated heterocycles. The Labute approximate surface area is 142 Å². The molecular formula is C20H36N2O. The average Bonchev–Trinajstić information content (AvgIpc) is 2.76.